The van der Waals surface area contributed by atoms with Gasteiger partial charge in [0.25, 0.3) is 0 Å². The van der Waals surface area contributed by atoms with Crippen LogP contribution in [0.4, 0.5) is 0 Å². The summed E-state index contributed by atoms with van der Waals surface area (Å²) in [7, 11) is 0. The van der Waals surface area contributed by atoms with E-state index in [-0.39, 0.29) is 18.5 Å². The first kappa shape index (κ1) is 12.3. The first-order valence-corrected chi connectivity index (χ1v) is 6.10. The van der Waals surface area contributed by atoms with E-state index in [0.717, 1.165) is 25.7 Å². The molecule has 1 saturated carbocycles. The highest BCUT2D eigenvalue weighted by Crippen LogP contribution is 2.22. The number of nitrogens with two attached hydrogens (primary N) is 1. The molecule has 2 amide bonds. The Morgan fingerprint density at radius 1 is 1.53 bits per heavy atom. The number of β-amino-alcohol motifs (C(OH)–C–C–N with tert-alkyl or cyclic N) is 1. The second-order valence-electron chi connectivity index (χ2n) is 4.84. The van der Waals surface area contributed by atoms with Crippen LogP contribution in [0.1, 0.15) is 25.7 Å². The molecule has 2 atom stereocenters. The molecule has 1 saturated heterocycles. The minimum Gasteiger partial charge on any atom is -0.381 e. The Balaban J connectivity index is 1.88. The Hall–Kier alpha value is -1.14. The van der Waals surface area contributed by atoms with Crippen LogP contribution >= 0.6 is 0 Å². The second-order valence-corrected chi connectivity index (χ2v) is 4.84. The van der Waals surface area contributed by atoms with Crippen LogP contribution in [0.3, 0.4) is 0 Å². The van der Waals surface area contributed by atoms with Crippen molar-refractivity contribution in [3.8, 4) is 0 Å². The molecular formula is C11H19N3O3. The highest BCUT2D eigenvalue weighted by molar-refractivity contribution is 5.84. The Morgan fingerprint density at radius 2 is 2.24 bits per heavy atom. The van der Waals surface area contributed by atoms with Gasteiger partial charge in [0.05, 0.1) is 12.6 Å². The standard InChI is InChI=1S/C11H19N3O3/c12-10(16)9(15)6-14-5-1-2-8(11(14)17)13-7-3-4-7/h7-9,13,15H,1-6H2,(H2,12,16). The molecule has 0 radical (unpaired) electrons. The summed E-state index contributed by atoms with van der Waals surface area (Å²) in [6.45, 7) is 0.600. The van der Waals surface area contributed by atoms with E-state index in [2.05, 4.69) is 5.32 Å². The van der Waals surface area contributed by atoms with Crippen molar-refractivity contribution in [2.45, 2.75) is 43.9 Å². The molecule has 2 unspecified atom stereocenters. The van der Waals surface area contributed by atoms with Gasteiger partial charge in [0.2, 0.25) is 11.8 Å². The van der Waals surface area contributed by atoms with Gasteiger partial charge in [0, 0.05) is 12.6 Å². The van der Waals surface area contributed by atoms with Gasteiger partial charge in [0.1, 0.15) is 6.10 Å². The van der Waals surface area contributed by atoms with Crippen molar-refractivity contribution in [3.63, 3.8) is 0 Å². The summed E-state index contributed by atoms with van der Waals surface area (Å²) in [4.78, 5) is 24.3. The van der Waals surface area contributed by atoms with Crippen molar-refractivity contribution in [3.05, 3.63) is 0 Å². The summed E-state index contributed by atoms with van der Waals surface area (Å²) in [6.07, 6.45) is 2.72. The van der Waals surface area contributed by atoms with E-state index in [1.165, 1.54) is 4.90 Å². The van der Waals surface area contributed by atoms with Crippen molar-refractivity contribution in [2.75, 3.05) is 13.1 Å². The van der Waals surface area contributed by atoms with Crippen LogP contribution in [0, 0.1) is 0 Å². The maximum absolute atomic E-state index is 12.0. The molecule has 0 spiro atoms. The van der Waals surface area contributed by atoms with Crippen molar-refractivity contribution in [1.29, 1.82) is 0 Å². The quantitative estimate of drug-likeness (QED) is 0.550. The molecule has 2 rings (SSSR count). The van der Waals surface area contributed by atoms with Crippen LogP contribution in [-0.4, -0.2) is 53.1 Å². The fraction of sp³-hybridized carbons (Fsp3) is 0.818. The normalized spacial score (nSPS) is 27.0. The summed E-state index contributed by atoms with van der Waals surface area (Å²) in [5.41, 5.74) is 4.98. The van der Waals surface area contributed by atoms with E-state index >= 15 is 0 Å². The van der Waals surface area contributed by atoms with Gasteiger partial charge < -0.3 is 21.1 Å². The summed E-state index contributed by atoms with van der Waals surface area (Å²) in [5.74, 6) is -0.807. The maximum atomic E-state index is 12.0. The number of amides is 2. The Labute approximate surface area is 100 Å². The zero-order chi connectivity index (χ0) is 12.4. The zero-order valence-corrected chi connectivity index (χ0v) is 9.76. The van der Waals surface area contributed by atoms with Gasteiger partial charge >= 0.3 is 0 Å². The fourth-order valence-corrected chi connectivity index (χ4v) is 2.11. The summed E-state index contributed by atoms with van der Waals surface area (Å²) < 4.78 is 0. The van der Waals surface area contributed by atoms with Crippen molar-refractivity contribution in [2.24, 2.45) is 5.73 Å². The van der Waals surface area contributed by atoms with Gasteiger partial charge in [-0.1, -0.05) is 0 Å². The summed E-state index contributed by atoms with van der Waals surface area (Å²) in [5, 5.41) is 12.7. The molecule has 6 nitrogen and oxygen atoms in total. The number of hydrogen-bond donors (Lipinski definition) is 3. The predicted molar refractivity (Wildman–Crippen MR) is 61.0 cm³/mol. The van der Waals surface area contributed by atoms with Gasteiger partial charge in [-0.05, 0) is 25.7 Å². The SMILES string of the molecule is NC(=O)C(O)CN1CCCC(NC2CC2)C1=O. The van der Waals surface area contributed by atoms with Crippen molar-refractivity contribution < 1.29 is 14.7 Å². The maximum Gasteiger partial charge on any atom is 0.248 e. The van der Waals surface area contributed by atoms with Gasteiger partial charge in [-0.25, -0.2) is 0 Å². The molecule has 4 N–H and O–H groups in total. The first-order chi connectivity index (χ1) is 8.08. The van der Waals surface area contributed by atoms with Crippen LogP contribution in [0.5, 0.6) is 0 Å². The van der Waals surface area contributed by atoms with E-state index < -0.39 is 12.0 Å². The largest absolute Gasteiger partial charge is 0.381 e. The summed E-state index contributed by atoms with van der Waals surface area (Å²) >= 11 is 0. The van der Waals surface area contributed by atoms with Crippen molar-refractivity contribution in [1.82, 2.24) is 10.2 Å². The number of rotatable bonds is 5. The third-order valence-corrected chi connectivity index (χ3v) is 3.27. The number of carbonyl (C=O) groups excluding carboxylic acids is 2. The number of aliphatic hydroxyl groups is 1. The summed E-state index contributed by atoms with van der Waals surface area (Å²) in [6, 6.07) is 0.321. The molecule has 0 aromatic carbocycles. The number of nitrogens with zero attached hydrogens (tertiary/aromatic N) is 1. The van der Waals surface area contributed by atoms with E-state index in [9.17, 15) is 14.7 Å². The lowest BCUT2D eigenvalue weighted by Gasteiger charge is -2.33. The van der Waals surface area contributed by atoms with Gasteiger partial charge in [0.15, 0.2) is 0 Å². The van der Waals surface area contributed by atoms with E-state index in [0.29, 0.717) is 12.6 Å². The topological polar surface area (TPSA) is 95.7 Å². The third-order valence-electron chi connectivity index (χ3n) is 3.27. The zero-order valence-electron chi connectivity index (χ0n) is 9.76. The van der Waals surface area contributed by atoms with Crippen LogP contribution in [0.15, 0.2) is 0 Å². The first-order valence-electron chi connectivity index (χ1n) is 6.10. The average molecular weight is 241 g/mol. The average Bonchev–Trinajstić information content (AvgIpc) is 3.07. The highest BCUT2D eigenvalue weighted by Gasteiger charge is 2.34. The smallest absolute Gasteiger partial charge is 0.248 e. The lowest BCUT2D eigenvalue weighted by atomic mass is 10.0. The molecule has 0 bridgehead atoms. The number of hydrogen-bond acceptors (Lipinski definition) is 4. The number of carbonyl (C=O) groups is 2. The fourth-order valence-electron chi connectivity index (χ4n) is 2.11. The minimum atomic E-state index is -1.27. The molecular weight excluding hydrogens is 222 g/mol. The molecule has 1 aliphatic heterocycles. The molecule has 0 aromatic rings. The number of likely N-dealkylation sites (tertiary alicyclic amines) is 1. The van der Waals surface area contributed by atoms with Crippen LogP contribution in [-0.2, 0) is 9.59 Å². The molecule has 0 aromatic heterocycles. The third kappa shape index (κ3) is 3.17. The lowest BCUT2D eigenvalue weighted by Crippen LogP contribution is -2.54. The van der Waals surface area contributed by atoms with E-state index in [1.807, 2.05) is 0 Å². The number of primary amides is 1. The van der Waals surface area contributed by atoms with E-state index in [1.54, 1.807) is 0 Å². The molecule has 17 heavy (non-hydrogen) atoms. The van der Waals surface area contributed by atoms with Gasteiger partial charge in [-0.15, -0.1) is 0 Å². The Morgan fingerprint density at radius 3 is 2.82 bits per heavy atom. The van der Waals surface area contributed by atoms with Crippen molar-refractivity contribution >= 4 is 11.8 Å². The number of piperidine rings is 1. The minimum absolute atomic E-state index is 0.0109. The van der Waals surface area contributed by atoms with Gasteiger partial charge in [-0.3, -0.25) is 9.59 Å². The number of aliphatic hydroxyl groups excluding tert-OH is 1. The van der Waals surface area contributed by atoms with Crippen LogP contribution < -0.4 is 11.1 Å². The van der Waals surface area contributed by atoms with E-state index in [4.69, 9.17) is 5.73 Å². The molecule has 2 fully saturated rings. The Kier molecular flexibility index (Phi) is 3.63. The lowest BCUT2D eigenvalue weighted by molar-refractivity contribution is -0.139. The number of nitrogens with one attached hydrogen (secondary N) is 1. The monoisotopic (exact) mass is 241 g/mol. The van der Waals surface area contributed by atoms with Crippen LogP contribution in [0.25, 0.3) is 0 Å². The Bertz CT molecular complexity index is 317. The molecule has 96 valence electrons. The van der Waals surface area contributed by atoms with Gasteiger partial charge in [-0.2, -0.15) is 0 Å². The van der Waals surface area contributed by atoms with Crippen LogP contribution in [0.2, 0.25) is 0 Å². The molecule has 1 aliphatic carbocycles. The highest BCUT2D eigenvalue weighted by atomic mass is 16.3. The molecule has 6 heteroatoms. The predicted octanol–water partition coefficient (Wildman–Crippen LogP) is -1.42. The molecule has 2 aliphatic rings. The second kappa shape index (κ2) is 5.01. The molecule has 1 heterocycles.